The minimum atomic E-state index is 0.290. The maximum absolute atomic E-state index is 6.07. The van der Waals surface area contributed by atoms with Crippen LogP contribution in [0.3, 0.4) is 0 Å². The van der Waals surface area contributed by atoms with Gasteiger partial charge in [0.2, 0.25) is 0 Å². The van der Waals surface area contributed by atoms with E-state index >= 15 is 0 Å². The van der Waals surface area contributed by atoms with Crippen LogP contribution in [0.15, 0.2) is 28.7 Å². The van der Waals surface area contributed by atoms with Crippen molar-refractivity contribution >= 4 is 15.9 Å². The molecule has 0 saturated carbocycles. The molecule has 2 nitrogen and oxygen atoms in total. The predicted molar refractivity (Wildman–Crippen MR) is 64.7 cm³/mol. The van der Waals surface area contributed by atoms with Gasteiger partial charge in [0.1, 0.15) is 0 Å². The number of nitrogens with two attached hydrogens (primary N) is 1. The summed E-state index contributed by atoms with van der Waals surface area (Å²) in [7, 11) is 0. The molecule has 1 fully saturated rings. The second kappa shape index (κ2) is 5.10. The molecule has 1 aromatic carbocycles. The van der Waals surface area contributed by atoms with Crippen molar-refractivity contribution in [3.63, 3.8) is 0 Å². The first-order chi connectivity index (χ1) is 7.25. The summed E-state index contributed by atoms with van der Waals surface area (Å²) < 4.78 is 6.59. The van der Waals surface area contributed by atoms with E-state index in [1.807, 2.05) is 6.07 Å². The van der Waals surface area contributed by atoms with E-state index in [1.54, 1.807) is 0 Å². The Hall–Kier alpha value is -0.380. The van der Waals surface area contributed by atoms with Crippen molar-refractivity contribution in [3.05, 3.63) is 34.3 Å². The number of hydrogen-bond acceptors (Lipinski definition) is 2. The molecule has 15 heavy (non-hydrogen) atoms. The average Bonchev–Trinajstić information content (AvgIpc) is 2.22. The molecule has 1 aromatic rings. The van der Waals surface area contributed by atoms with Crippen LogP contribution in [0, 0.1) is 5.92 Å². The highest BCUT2D eigenvalue weighted by Gasteiger charge is 2.22. The molecule has 82 valence electrons. The number of rotatable bonds is 2. The largest absolute Gasteiger partial charge is 0.381 e. The summed E-state index contributed by atoms with van der Waals surface area (Å²) in [6.45, 7) is 1.61. The monoisotopic (exact) mass is 269 g/mol. The van der Waals surface area contributed by atoms with Crippen molar-refractivity contribution in [2.75, 3.05) is 13.2 Å². The second-order valence-electron chi connectivity index (χ2n) is 4.12. The lowest BCUT2D eigenvalue weighted by atomic mass is 9.90. The second-order valence-corrected chi connectivity index (χ2v) is 5.04. The van der Waals surface area contributed by atoms with Crippen LogP contribution >= 0.6 is 15.9 Å². The highest BCUT2D eigenvalue weighted by Crippen LogP contribution is 2.20. The van der Waals surface area contributed by atoms with Crippen molar-refractivity contribution in [2.24, 2.45) is 11.7 Å². The van der Waals surface area contributed by atoms with E-state index in [0.29, 0.717) is 5.92 Å². The Bertz CT molecular complexity index is 329. The van der Waals surface area contributed by atoms with Gasteiger partial charge in [-0.05, 0) is 30.5 Å². The molecule has 1 aliphatic rings. The topological polar surface area (TPSA) is 35.2 Å². The Morgan fingerprint density at radius 2 is 2.33 bits per heavy atom. The zero-order valence-electron chi connectivity index (χ0n) is 8.66. The van der Waals surface area contributed by atoms with E-state index in [-0.39, 0.29) is 6.04 Å². The lowest BCUT2D eigenvalue weighted by Crippen LogP contribution is -2.39. The molecule has 0 amide bonds. The summed E-state index contributed by atoms with van der Waals surface area (Å²) in [4.78, 5) is 0. The summed E-state index contributed by atoms with van der Waals surface area (Å²) >= 11 is 3.48. The van der Waals surface area contributed by atoms with E-state index in [9.17, 15) is 0 Å². The Morgan fingerprint density at radius 1 is 1.47 bits per heavy atom. The van der Waals surface area contributed by atoms with E-state index in [4.69, 9.17) is 10.5 Å². The fourth-order valence-corrected chi connectivity index (χ4v) is 2.44. The third kappa shape index (κ3) is 3.03. The Morgan fingerprint density at radius 3 is 3.07 bits per heavy atom. The molecule has 2 N–H and O–H groups in total. The van der Waals surface area contributed by atoms with Crippen LogP contribution in [0.1, 0.15) is 12.0 Å². The average molecular weight is 270 g/mol. The molecule has 0 radical (unpaired) electrons. The molecule has 1 aliphatic heterocycles. The highest BCUT2D eigenvalue weighted by atomic mass is 79.9. The Labute approximate surface area is 98.9 Å². The molecule has 0 aliphatic carbocycles. The maximum atomic E-state index is 6.07. The molecule has 2 unspecified atom stereocenters. The van der Waals surface area contributed by atoms with Crippen molar-refractivity contribution in [3.8, 4) is 0 Å². The van der Waals surface area contributed by atoms with E-state index in [1.165, 1.54) is 5.56 Å². The van der Waals surface area contributed by atoms with Gasteiger partial charge in [-0.1, -0.05) is 28.1 Å². The van der Waals surface area contributed by atoms with Gasteiger partial charge in [0, 0.05) is 23.0 Å². The van der Waals surface area contributed by atoms with Gasteiger partial charge in [0.05, 0.1) is 6.61 Å². The third-order valence-corrected chi connectivity index (χ3v) is 3.41. The maximum Gasteiger partial charge on any atom is 0.0512 e. The number of ether oxygens (including phenoxy) is 1. The SMILES string of the molecule is NC1CCOCC1Cc1cccc(Br)c1. The van der Waals surface area contributed by atoms with Crippen LogP contribution in [0.5, 0.6) is 0 Å². The molecule has 3 heteroatoms. The summed E-state index contributed by atoms with van der Waals surface area (Å²) in [5, 5.41) is 0. The lowest BCUT2D eigenvalue weighted by molar-refractivity contribution is 0.0422. The van der Waals surface area contributed by atoms with Crippen molar-refractivity contribution in [2.45, 2.75) is 18.9 Å². The van der Waals surface area contributed by atoms with E-state index < -0.39 is 0 Å². The summed E-state index contributed by atoms with van der Waals surface area (Å²) in [5.41, 5.74) is 7.40. The van der Waals surface area contributed by atoms with Gasteiger partial charge in [0.25, 0.3) is 0 Å². The van der Waals surface area contributed by atoms with Gasteiger partial charge in [-0.2, -0.15) is 0 Å². The van der Waals surface area contributed by atoms with E-state index in [2.05, 4.69) is 34.1 Å². The smallest absolute Gasteiger partial charge is 0.0512 e. The quantitative estimate of drug-likeness (QED) is 0.895. The van der Waals surface area contributed by atoms with Gasteiger partial charge in [-0.15, -0.1) is 0 Å². The van der Waals surface area contributed by atoms with Crippen LogP contribution in [0.25, 0.3) is 0 Å². The standard InChI is InChI=1S/C12H16BrNO/c13-11-3-1-2-9(7-11)6-10-8-15-5-4-12(10)14/h1-3,7,10,12H,4-6,8,14H2. The summed E-state index contributed by atoms with van der Waals surface area (Å²) in [5.74, 6) is 0.466. The molecule has 1 saturated heterocycles. The zero-order chi connectivity index (χ0) is 10.7. The van der Waals surface area contributed by atoms with Crippen LogP contribution in [-0.2, 0) is 11.2 Å². The van der Waals surface area contributed by atoms with Crippen LogP contribution in [0.2, 0.25) is 0 Å². The number of halogens is 1. The van der Waals surface area contributed by atoms with Gasteiger partial charge in [-0.25, -0.2) is 0 Å². The van der Waals surface area contributed by atoms with Crippen molar-refractivity contribution < 1.29 is 4.74 Å². The lowest BCUT2D eigenvalue weighted by Gasteiger charge is -2.28. The van der Waals surface area contributed by atoms with Gasteiger partial charge < -0.3 is 10.5 Å². The molecular weight excluding hydrogens is 254 g/mol. The number of hydrogen-bond donors (Lipinski definition) is 1. The van der Waals surface area contributed by atoms with Crippen LogP contribution < -0.4 is 5.73 Å². The molecule has 2 rings (SSSR count). The van der Waals surface area contributed by atoms with Gasteiger partial charge in [0.15, 0.2) is 0 Å². The Kier molecular flexibility index (Phi) is 3.78. The predicted octanol–water partition coefficient (Wildman–Crippen LogP) is 2.36. The molecule has 0 bridgehead atoms. The molecule has 0 spiro atoms. The van der Waals surface area contributed by atoms with Gasteiger partial charge >= 0.3 is 0 Å². The van der Waals surface area contributed by atoms with Crippen LogP contribution in [-0.4, -0.2) is 19.3 Å². The van der Waals surface area contributed by atoms with Crippen molar-refractivity contribution in [1.82, 2.24) is 0 Å². The normalized spacial score (nSPS) is 26.5. The zero-order valence-corrected chi connectivity index (χ0v) is 10.2. The summed E-state index contributed by atoms with van der Waals surface area (Å²) in [6.07, 6.45) is 2.00. The minimum Gasteiger partial charge on any atom is -0.381 e. The van der Waals surface area contributed by atoms with Crippen molar-refractivity contribution in [1.29, 1.82) is 0 Å². The first-order valence-corrected chi connectivity index (χ1v) is 6.13. The van der Waals surface area contributed by atoms with E-state index in [0.717, 1.165) is 30.5 Å². The molecule has 1 heterocycles. The minimum absolute atomic E-state index is 0.290. The van der Waals surface area contributed by atoms with Gasteiger partial charge in [-0.3, -0.25) is 0 Å². The number of benzene rings is 1. The first kappa shape index (κ1) is 11.1. The first-order valence-electron chi connectivity index (χ1n) is 5.33. The third-order valence-electron chi connectivity index (χ3n) is 2.92. The molecule has 2 atom stereocenters. The van der Waals surface area contributed by atoms with Crippen LogP contribution in [0.4, 0.5) is 0 Å². The fraction of sp³-hybridized carbons (Fsp3) is 0.500. The molecule has 0 aromatic heterocycles. The molecular formula is C12H16BrNO. The highest BCUT2D eigenvalue weighted by molar-refractivity contribution is 9.10. The fourth-order valence-electron chi connectivity index (χ4n) is 1.99. The Balaban J connectivity index is 2.01. The summed E-state index contributed by atoms with van der Waals surface area (Å²) in [6, 6.07) is 8.70.